The van der Waals surface area contributed by atoms with E-state index in [1.54, 1.807) is 12.4 Å². The standard InChI is InChI=1S/C15H15N5O/c1-2-3-11-13-12(9-4-6-18-7-5-9)10(8-16)14(17)21-15(13)20-19-11/h4-7,12H,2-3,17H2,1H3,(H,19,20)/t12-/m0/s1. The predicted molar refractivity (Wildman–Crippen MR) is 76.1 cm³/mol. The van der Waals surface area contributed by atoms with E-state index < -0.39 is 0 Å². The Bertz CT molecular complexity index is 726. The van der Waals surface area contributed by atoms with Crippen LogP contribution in [-0.2, 0) is 6.42 Å². The second-order valence-corrected chi connectivity index (χ2v) is 4.88. The van der Waals surface area contributed by atoms with Gasteiger partial charge in [0.2, 0.25) is 11.8 Å². The van der Waals surface area contributed by atoms with Crippen LogP contribution >= 0.6 is 0 Å². The quantitative estimate of drug-likeness (QED) is 0.895. The van der Waals surface area contributed by atoms with Crippen LogP contribution in [0.4, 0.5) is 0 Å². The molecule has 0 aromatic carbocycles. The molecule has 1 aliphatic rings. The Labute approximate surface area is 122 Å². The molecule has 1 atom stereocenters. The molecule has 1 aliphatic heterocycles. The topological polar surface area (TPSA) is 101 Å². The Morgan fingerprint density at radius 3 is 2.86 bits per heavy atom. The van der Waals surface area contributed by atoms with Crippen molar-refractivity contribution in [3.05, 3.63) is 52.8 Å². The highest BCUT2D eigenvalue weighted by molar-refractivity contribution is 5.54. The third-order valence-corrected chi connectivity index (χ3v) is 3.56. The Balaban J connectivity index is 2.20. The molecule has 6 heteroatoms. The lowest BCUT2D eigenvalue weighted by Gasteiger charge is -2.23. The van der Waals surface area contributed by atoms with Crippen LogP contribution in [0.25, 0.3) is 0 Å². The van der Waals surface area contributed by atoms with Gasteiger partial charge in [0.15, 0.2) is 0 Å². The number of allylic oxidation sites excluding steroid dienone is 1. The number of fused-ring (bicyclic) bond motifs is 1. The molecule has 0 aliphatic carbocycles. The zero-order valence-corrected chi connectivity index (χ0v) is 11.6. The SMILES string of the molecule is CCCc1[nH]nc2c1[C@@H](c1ccncc1)C(C#N)=C(N)O2. The number of aromatic amines is 1. The first-order chi connectivity index (χ1) is 10.3. The van der Waals surface area contributed by atoms with Crippen molar-refractivity contribution in [2.75, 3.05) is 0 Å². The Hall–Kier alpha value is -2.81. The number of hydrogen-bond donors (Lipinski definition) is 2. The fourth-order valence-corrected chi connectivity index (χ4v) is 2.64. The fraction of sp³-hybridized carbons (Fsp3) is 0.267. The van der Waals surface area contributed by atoms with Gasteiger partial charge in [-0.05, 0) is 24.1 Å². The van der Waals surface area contributed by atoms with Gasteiger partial charge in [-0.2, -0.15) is 5.26 Å². The van der Waals surface area contributed by atoms with Crippen molar-refractivity contribution in [2.45, 2.75) is 25.7 Å². The highest BCUT2D eigenvalue weighted by Crippen LogP contribution is 2.42. The van der Waals surface area contributed by atoms with E-state index in [-0.39, 0.29) is 11.8 Å². The van der Waals surface area contributed by atoms with E-state index in [0.29, 0.717) is 11.5 Å². The van der Waals surface area contributed by atoms with Crippen LogP contribution in [0.2, 0.25) is 0 Å². The summed E-state index contributed by atoms with van der Waals surface area (Å²) in [4.78, 5) is 4.03. The van der Waals surface area contributed by atoms with Gasteiger partial charge < -0.3 is 10.5 Å². The van der Waals surface area contributed by atoms with Crippen LogP contribution in [0.1, 0.15) is 36.1 Å². The Morgan fingerprint density at radius 1 is 1.43 bits per heavy atom. The van der Waals surface area contributed by atoms with Crippen molar-refractivity contribution in [1.29, 1.82) is 5.26 Å². The van der Waals surface area contributed by atoms with Crippen molar-refractivity contribution in [3.63, 3.8) is 0 Å². The lowest BCUT2D eigenvalue weighted by atomic mass is 9.84. The first-order valence-corrected chi connectivity index (χ1v) is 6.80. The number of nitrogens with zero attached hydrogens (tertiary/aromatic N) is 3. The minimum atomic E-state index is -0.262. The molecule has 21 heavy (non-hydrogen) atoms. The predicted octanol–water partition coefficient (Wildman–Crippen LogP) is 1.98. The summed E-state index contributed by atoms with van der Waals surface area (Å²) in [6.07, 6.45) is 5.22. The van der Waals surface area contributed by atoms with E-state index in [2.05, 4.69) is 28.2 Å². The minimum absolute atomic E-state index is 0.112. The van der Waals surface area contributed by atoms with Gasteiger partial charge in [-0.3, -0.25) is 10.1 Å². The summed E-state index contributed by atoms with van der Waals surface area (Å²) in [5, 5.41) is 16.6. The van der Waals surface area contributed by atoms with Crippen molar-refractivity contribution < 1.29 is 4.74 Å². The van der Waals surface area contributed by atoms with Crippen LogP contribution in [-0.4, -0.2) is 15.2 Å². The summed E-state index contributed by atoms with van der Waals surface area (Å²) in [5.41, 5.74) is 9.12. The van der Waals surface area contributed by atoms with Gasteiger partial charge in [-0.25, -0.2) is 0 Å². The zero-order chi connectivity index (χ0) is 14.8. The van der Waals surface area contributed by atoms with E-state index in [9.17, 15) is 5.26 Å². The van der Waals surface area contributed by atoms with Crippen molar-refractivity contribution in [3.8, 4) is 11.9 Å². The third kappa shape index (κ3) is 2.13. The molecule has 3 rings (SSSR count). The maximum atomic E-state index is 9.46. The average molecular weight is 281 g/mol. The number of nitrogens with one attached hydrogen (secondary N) is 1. The molecule has 2 aromatic heterocycles. The molecule has 0 radical (unpaired) electrons. The van der Waals surface area contributed by atoms with Crippen LogP contribution in [0.15, 0.2) is 36.0 Å². The molecule has 0 saturated heterocycles. The molecule has 0 bridgehead atoms. The highest BCUT2D eigenvalue weighted by atomic mass is 16.5. The first-order valence-electron chi connectivity index (χ1n) is 6.80. The van der Waals surface area contributed by atoms with Crippen LogP contribution < -0.4 is 10.5 Å². The van der Waals surface area contributed by atoms with E-state index in [1.165, 1.54) is 0 Å². The normalized spacial score (nSPS) is 17.0. The summed E-state index contributed by atoms with van der Waals surface area (Å²) in [7, 11) is 0. The van der Waals surface area contributed by atoms with Crippen molar-refractivity contribution >= 4 is 0 Å². The van der Waals surface area contributed by atoms with E-state index in [0.717, 1.165) is 29.7 Å². The highest BCUT2D eigenvalue weighted by Gasteiger charge is 2.34. The number of aryl methyl sites for hydroxylation is 1. The van der Waals surface area contributed by atoms with Crippen molar-refractivity contribution in [1.82, 2.24) is 15.2 Å². The number of nitrogens with two attached hydrogens (primary N) is 1. The molecule has 2 aromatic rings. The van der Waals surface area contributed by atoms with Gasteiger partial charge in [0.1, 0.15) is 11.6 Å². The Kier molecular flexibility index (Phi) is 3.32. The number of hydrogen-bond acceptors (Lipinski definition) is 5. The van der Waals surface area contributed by atoms with E-state index in [4.69, 9.17) is 10.5 Å². The molecule has 0 saturated carbocycles. The summed E-state index contributed by atoms with van der Waals surface area (Å²) >= 11 is 0. The number of nitriles is 1. The maximum absolute atomic E-state index is 9.46. The van der Waals surface area contributed by atoms with Crippen LogP contribution in [0, 0.1) is 11.3 Å². The number of aromatic nitrogens is 3. The molecule has 0 amide bonds. The van der Waals surface area contributed by atoms with Crippen LogP contribution in [0.3, 0.4) is 0 Å². The summed E-state index contributed by atoms with van der Waals surface area (Å²) in [6, 6.07) is 5.93. The summed E-state index contributed by atoms with van der Waals surface area (Å²) < 4.78 is 5.49. The number of ether oxygens (including phenoxy) is 1. The number of pyridine rings is 1. The van der Waals surface area contributed by atoms with Crippen molar-refractivity contribution in [2.24, 2.45) is 5.73 Å². The molecular formula is C15H15N5O. The molecule has 3 heterocycles. The summed E-state index contributed by atoms with van der Waals surface area (Å²) in [6.45, 7) is 2.09. The summed E-state index contributed by atoms with van der Waals surface area (Å²) in [5.74, 6) is 0.306. The largest absolute Gasteiger partial charge is 0.420 e. The zero-order valence-electron chi connectivity index (χ0n) is 11.6. The van der Waals surface area contributed by atoms with Gasteiger partial charge in [0.05, 0.1) is 5.92 Å². The van der Waals surface area contributed by atoms with E-state index >= 15 is 0 Å². The van der Waals surface area contributed by atoms with Gasteiger partial charge in [0, 0.05) is 23.7 Å². The lowest BCUT2D eigenvalue weighted by molar-refractivity contribution is 0.378. The third-order valence-electron chi connectivity index (χ3n) is 3.56. The molecular weight excluding hydrogens is 266 g/mol. The maximum Gasteiger partial charge on any atom is 0.244 e. The second-order valence-electron chi connectivity index (χ2n) is 4.88. The molecule has 0 unspecified atom stereocenters. The van der Waals surface area contributed by atoms with Gasteiger partial charge in [-0.1, -0.05) is 13.3 Å². The second kappa shape index (κ2) is 5.29. The fourth-order valence-electron chi connectivity index (χ4n) is 2.64. The van der Waals surface area contributed by atoms with Gasteiger partial charge in [-0.15, -0.1) is 5.10 Å². The molecule has 106 valence electrons. The average Bonchev–Trinajstić information content (AvgIpc) is 2.89. The Morgan fingerprint density at radius 2 is 2.19 bits per heavy atom. The monoisotopic (exact) mass is 281 g/mol. The number of H-pyrrole nitrogens is 1. The van der Waals surface area contributed by atoms with Gasteiger partial charge in [0.25, 0.3) is 0 Å². The van der Waals surface area contributed by atoms with Crippen LogP contribution in [0.5, 0.6) is 5.88 Å². The number of rotatable bonds is 3. The van der Waals surface area contributed by atoms with Gasteiger partial charge >= 0.3 is 0 Å². The lowest BCUT2D eigenvalue weighted by Crippen LogP contribution is -2.21. The molecule has 3 N–H and O–H groups in total. The first kappa shape index (κ1) is 13.2. The minimum Gasteiger partial charge on any atom is -0.420 e. The smallest absolute Gasteiger partial charge is 0.244 e. The molecule has 6 nitrogen and oxygen atoms in total. The van der Waals surface area contributed by atoms with E-state index in [1.807, 2.05) is 12.1 Å². The molecule has 0 spiro atoms. The molecule has 0 fully saturated rings.